The summed E-state index contributed by atoms with van der Waals surface area (Å²) in [6.07, 6.45) is 21.4. The van der Waals surface area contributed by atoms with Gasteiger partial charge >= 0.3 is 13.8 Å². The molecule has 0 aliphatic rings. The van der Waals surface area contributed by atoms with Gasteiger partial charge in [-0.25, -0.2) is 4.57 Å². The predicted octanol–water partition coefficient (Wildman–Crippen LogP) is 4.57. The van der Waals surface area contributed by atoms with Crippen LogP contribution < -0.4 is 5.73 Å². The maximum absolute atomic E-state index is 11.8. The predicted molar refractivity (Wildman–Crippen MR) is 127 cm³/mol. The Balaban J connectivity index is 3.80. The second kappa shape index (κ2) is 21.6. The maximum atomic E-state index is 11.8. The Hall–Kier alpha value is -1.28. The van der Waals surface area contributed by atoms with E-state index in [4.69, 9.17) is 15.0 Å². The van der Waals surface area contributed by atoms with E-state index >= 15 is 0 Å². The lowest BCUT2D eigenvalue weighted by Crippen LogP contribution is -2.27. The fourth-order valence-corrected chi connectivity index (χ4v) is 3.34. The SMILES string of the molecule is CCCCCC=CCC=CCC=CCCCCC(=O)O[C@H](CO)COP(=O)(O)OCCN. The third-order valence-electron chi connectivity index (χ3n) is 4.32. The molecule has 0 fully saturated rings. The summed E-state index contributed by atoms with van der Waals surface area (Å²) in [5, 5.41) is 9.24. The Morgan fingerprint density at radius 2 is 1.56 bits per heavy atom. The number of ether oxygens (including phenoxy) is 1. The minimum atomic E-state index is -4.27. The molecule has 0 saturated carbocycles. The van der Waals surface area contributed by atoms with E-state index in [-0.39, 0.29) is 19.6 Å². The lowest BCUT2D eigenvalue weighted by Gasteiger charge is -2.17. The number of unbranched alkanes of at least 4 members (excludes halogenated alkanes) is 5. The number of aliphatic hydroxyl groups excluding tert-OH is 1. The molecular formula is C23H42NO7P. The highest BCUT2D eigenvalue weighted by atomic mass is 31.2. The van der Waals surface area contributed by atoms with Crippen molar-refractivity contribution in [1.82, 2.24) is 0 Å². The summed E-state index contributed by atoms with van der Waals surface area (Å²) in [5.41, 5.74) is 5.18. The molecule has 0 aromatic heterocycles. The molecule has 0 bridgehead atoms. The fraction of sp³-hybridized carbons (Fsp3) is 0.696. The van der Waals surface area contributed by atoms with Gasteiger partial charge in [0.05, 0.1) is 19.8 Å². The summed E-state index contributed by atoms with van der Waals surface area (Å²) in [6.45, 7) is 1.18. The van der Waals surface area contributed by atoms with Crippen LogP contribution in [0.15, 0.2) is 36.5 Å². The molecule has 0 aromatic carbocycles. The minimum Gasteiger partial charge on any atom is -0.457 e. The number of allylic oxidation sites excluding steroid dienone is 6. The van der Waals surface area contributed by atoms with Crippen molar-refractivity contribution >= 4 is 13.8 Å². The number of hydrogen-bond donors (Lipinski definition) is 3. The van der Waals surface area contributed by atoms with Crippen LogP contribution in [0, 0.1) is 0 Å². The van der Waals surface area contributed by atoms with Gasteiger partial charge in [0.15, 0.2) is 0 Å². The van der Waals surface area contributed by atoms with Gasteiger partial charge in [0.1, 0.15) is 6.10 Å². The number of esters is 1. The van der Waals surface area contributed by atoms with Crippen LogP contribution in [0.3, 0.4) is 0 Å². The van der Waals surface area contributed by atoms with Gasteiger partial charge in [-0.1, -0.05) is 56.2 Å². The zero-order valence-corrected chi connectivity index (χ0v) is 20.3. The number of rotatable bonds is 21. The Morgan fingerprint density at radius 1 is 0.969 bits per heavy atom. The van der Waals surface area contributed by atoms with Crippen molar-refractivity contribution in [2.24, 2.45) is 5.73 Å². The van der Waals surface area contributed by atoms with Crippen LogP contribution in [-0.2, 0) is 23.1 Å². The van der Waals surface area contributed by atoms with Gasteiger partial charge in [-0.05, 0) is 44.9 Å². The van der Waals surface area contributed by atoms with E-state index in [0.29, 0.717) is 6.42 Å². The second-order valence-electron chi connectivity index (χ2n) is 7.31. The summed E-state index contributed by atoms with van der Waals surface area (Å²) in [6, 6.07) is 0. The van der Waals surface area contributed by atoms with Crippen molar-refractivity contribution in [2.75, 3.05) is 26.4 Å². The molecule has 0 aliphatic heterocycles. The van der Waals surface area contributed by atoms with E-state index in [2.05, 4.69) is 47.9 Å². The van der Waals surface area contributed by atoms with Crippen molar-refractivity contribution in [3.05, 3.63) is 36.5 Å². The molecule has 0 aliphatic carbocycles. The first kappa shape index (κ1) is 30.7. The highest BCUT2D eigenvalue weighted by Crippen LogP contribution is 2.42. The Kier molecular flexibility index (Phi) is 20.7. The van der Waals surface area contributed by atoms with Gasteiger partial charge in [0.2, 0.25) is 0 Å². The van der Waals surface area contributed by atoms with Gasteiger partial charge in [0.25, 0.3) is 0 Å². The Bertz CT molecular complexity index is 593. The summed E-state index contributed by atoms with van der Waals surface area (Å²) in [7, 11) is -4.27. The number of aliphatic hydroxyl groups is 1. The molecular weight excluding hydrogens is 433 g/mol. The van der Waals surface area contributed by atoms with Crippen LogP contribution in [-0.4, -0.2) is 48.4 Å². The topological polar surface area (TPSA) is 128 Å². The van der Waals surface area contributed by atoms with Crippen molar-refractivity contribution < 1.29 is 33.1 Å². The smallest absolute Gasteiger partial charge is 0.457 e. The number of phosphoric acid groups is 1. The summed E-state index contributed by atoms with van der Waals surface area (Å²) < 4.78 is 25.8. The van der Waals surface area contributed by atoms with E-state index in [9.17, 15) is 19.4 Å². The Morgan fingerprint density at radius 3 is 2.12 bits per heavy atom. The van der Waals surface area contributed by atoms with E-state index in [1.54, 1.807) is 0 Å². The fourth-order valence-electron chi connectivity index (χ4n) is 2.57. The van der Waals surface area contributed by atoms with Crippen LogP contribution in [0.4, 0.5) is 0 Å². The second-order valence-corrected chi connectivity index (χ2v) is 8.76. The third-order valence-corrected chi connectivity index (χ3v) is 5.30. The highest BCUT2D eigenvalue weighted by Gasteiger charge is 2.24. The van der Waals surface area contributed by atoms with E-state index in [1.165, 1.54) is 25.7 Å². The monoisotopic (exact) mass is 475 g/mol. The van der Waals surface area contributed by atoms with Crippen LogP contribution in [0.5, 0.6) is 0 Å². The number of hydrogen-bond acceptors (Lipinski definition) is 7. The average Bonchev–Trinajstić information content (AvgIpc) is 2.77. The van der Waals surface area contributed by atoms with Crippen molar-refractivity contribution in [1.29, 1.82) is 0 Å². The van der Waals surface area contributed by atoms with Crippen LogP contribution in [0.25, 0.3) is 0 Å². The summed E-state index contributed by atoms with van der Waals surface area (Å²) >= 11 is 0. The lowest BCUT2D eigenvalue weighted by atomic mass is 10.1. The third kappa shape index (κ3) is 20.6. The molecule has 0 rings (SSSR count). The van der Waals surface area contributed by atoms with Gasteiger partial charge in [-0.2, -0.15) is 0 Å². The van der Waals surface area contributed by atoms with Crippen molar-refractivity contribution in [3.63, 3.8) is 0 Å². The molecule has 4 N–H and O–H groups in total. The van der Waals surface area contributed by atoms with Gasteiger partial charge in [-0.3, -0.25) is 13.8 Å². The van der Waals surface area contributed by atoms with E-state index < -0.39 is 33.1 Å². The van der Waals surface area contributed by atoms with Crippen molar-refractivity contribution in [2.45, 2.75) is 77.2 Å². The first-order chi connectivity index (χ1) is 15.4. The standard InChI is InChI=1S/C23H42NO7P/c1-2-3-4-5-6-7-8-9-10-11-12-13-14-15-16-17-23(26)31-22(20-25)21-30-32(27,28)29-19-18-24/h6-7,9-10,12-13,22,25H,2-5,8,11,14-21,24H2,1H3,(H,27,28)/t22-/m1/s1. The molecule has 0 aromatic rings. The molecule has 0 amide bonds. The molecule has 186 valence electrons. The Labute approximate surface area is 193 Å². The highest BCUT2D eigenvalue weighted by molar-refractivity contribution is 7.47. The molecule has 2 atom stereocenters. The molecule has 1 unspecified atom stereocenters. The first-order valence-corrected chi connectivity index (χ1v) is 13.0. The largest absolute Gasteiger partial charge is 0.472 e. The van der Waals surface area contributed by atoms with Crippen LogP contribution in [0.1, 0.15) is 71.1 Å². The van der Waals surface area contributed by atoms with Gasteiger partial charge < -0.3 is 20.5 Å². The molecule has 0 spiro atoms. The normalized spacial score (nSPS) is 15.0. The van der Waals surface area contributed by atoms with Crippen LogP contribution in [0.2, 0.25) is 0 Å². The van der Waals surface area contributed by atoms with Gasteiger partial charge in [-0.15, -0.1) is 0 Å². The molecule has 0 radical (unpaired) electrons. The minimum absolute atomic E-state index is 0.0645. The number of phosphoric ester groups is 1. The zero-order chi connectivity index (χ0) is 23.9. The van der Waals surface area contributed by atoms with E-state index in [0.717, 1.165) is 25.7 Å². The lowest BCUT2D eigenvalue weighted by molar-refractivity contribution is -0.153. The number of carbonyl (C=O) groups excluding carboxylic acids is 1. The molecule has 8 nitrogen and oxygen atoms in total. The molecule has 32 heavy (non-hydrogen) atoms. The average molecular weight is 476 g/mol. The number of nitrogens with two attached hydrogens (primary N) is 1. The zero-order valence-electron chi connectivity index (χ0n) is 19.4. The summed E-state index contributed by atoms with van der Waals surface area (Å²) in [4.78, 5) is 21.2. The molecule has 9 heteroatoms. The molecule has 0 heterocycles. The first-order valence-electron chi connectivity index (χ1n) is 11.5. The van der Waals surface area contributed by atoms with Crippen LogP contribution >= 0.6 is 7.82 Å². The van der Waals surface area contributed by atoms with Gasteiger partial charge in [0, 0.05) is 13.0 Å². The van der Waals surface area contributed by atoms with Crippen molar-refractivity contribution in [3.8, 4) is 0 Å². The quantitative estimate of drug-likeness (QED) is 0.0953. The maximum Gasteiger partial charge on any atom is 0.472 e. The van der Waals surface area contributed by atoms with E-state index in [1.807, 2.05) is 0 Å². The summed E-state index contributed by atoms with van der Waals surface area (Å²) in [5.74, 6) is -0.488. The molecule has 0 saturated heterocycles. The number of carbonyl (C=O) groups is 1.